The second-order valence-corrected chi connectivity index (χ2v) is 7.55. The molecule has 0 atom stereocenters. The molecular weight excluding hydrogens is 296 g/mol. The number of hydrogen-bond acceptors (Lipinski definition) is 4. The van der Waals surface area contributed by atoms with Gasteiger partial charge in [0.15, 0.2) is 0 Å². The number of ether oxygens (including phenoxy) is 1. The van der Waals surface area contributed by atoms with Crippen molar-refractivity contribution in [2.45, 2.75) is 44.6 Å². The molecule has 2 fully saturated rings. The first-order valence-corrected chi connectivity index (χ1v) is 8.98. The highest BCUT2D eigenvalue weighted by molar-refractivity contribution is 7.86. The summed E-state index contributed by atoms with van der Waals surface area (Å²) in [6.45, 7) is 1.71. The molecule has 0 spiro atoms. The quantitative estimate of drug-likeness (QED) is 0.804. The van der Waals surface area contributed by atoms with E-state index < -0.39 is 16.2 Å². The molecule has 0 radical (unpaired) electrons. The Hall–Kier alpha value is -0.700. The molecule has 2 aliphatic heterocycles. The molecule has 21 heavy (non-hydrogen) atoms. The Morgan fingerprint density at radius 3 is 2.05 bits per heavy atom. The smallest absolute Gasteiger partial charge is 0.329 e. The minimum atomic E-state index is -3.37. The van der Waals surface area contributed by atoms with Crippen LogP contribution in [0, 0.1) is 0 Å². The minimum absolute atomic E-state index is 0.156. The van der Waals surface area contributed by atoms with E-state index in [1.165, 1.54) is 4.31 Å². The molecule has 0 saturated carbocycles. The van der Waals surface area contributed by atoms with Gasteiger partial charge in [-0.3, -0.25) is 0 Å². The van der Waals surface area contributed by atoms with Crippen molar-refractivity contribution in [2.24, 2.45) is 0 Å². The summed E-state index contributed by atoms with van der Waals surface area (Å²) < 4.78 is 33.5. The summed E-state index contributed by atoms with van der Waals surface area (Å²) in [6, 6.07) is 0. The van der Waals surface area contributed by atoms with E-state index >= 15 is 0 Å². The maximum atomic E-state index is 12.6. The van der Waals surface area contributed by atoms with Gasteiger partial charge >= 0.3 is 5.97 Å². The van der Waals surface area contributed by atoms with Crippen molar-refractivity contribution >= 4 is 16.2 Å². The Labute approximate surface area is 126 Å². The van der Waals surface area contributed by atoms with Crippen LogP contribution in [0.3, 0.4) is 0 Å². The summed E-state index contributed by atoms with van der Waals surface area (Å²) >= 11 is 0. The van der Waals surface area contributed by atoms with Crippen LogP contribution in [0.2, 0.25) is 0 Å². The van der Waals surface area contributed by atoms with Crippen molar-refractivity contribution in [3.8, 4) is 0 Å². The number of carboxylic acids is 1. The maximum Gasteiger partial charge on any atom is 0.329 e. The van der Waals surface area contributed by atoms with Crippen molar-refractivity contribution in [1.29, 1.82) is 0 Å². The lowest BCUT2D eigenvalue weighted by atomic mass is 10.1. The van der Waals surface area contributed by atoms with Gasteiger partial charge in [-0.25, -0.2) is 4.79 Å². The number of aliphatic carboxylic acids is 1. The van der Waals surface area contributed by atoms with Gasteiger partial charge in [0.2, 0.25) is 0 Å². The molecule has 8 heteroatoms. The van der Waals surface area contributed by atoms with E-state index in [0.717, 1.165) is 25.7 Å². The van der Waals surface area contributed by atoms with E-state index in [-0.39, 0.29) is 12.7 Å². The lowest BCUT2D eigenvalue weighted by Crippen LogP contribution is -2.48. The summed E-state index contributed by atoms with van der Waals surface area (Å²) in [7, 11) is -3.37. The van der Waals surface area contributed by atoms with E-state index in [0.29, 0.717) is 39.0 Å². The zero-order chi connectivity index (χ0) is 15.3. The zero-order valence-electron chi connectivity index (χ0n) is 12.2. The molecule has 0 aromatic carbocycles. The van der Waals surface area contributed by atoms with Crippen molar-refractivity contribution in [3.05, 3.63) is 0 Å². The number of piperidine rings is 1. The molecule has 2 rings (SSSR count). The Morgan fingerprint density at radius 2 is 1.52 bits per heavy atom. The minimum Gasteiger partial charge on any atom is -0.480 e. The molecule has 0 aromatic rings. The molecule has 0 aromatic heterocycles. The van der Waals surface area contributed by atoms with Crippen LogP contribution in [-0.2, 0) is 19.7 Å². The van der Waals surface area contributed by atoms with Crippen LogP contribution in [0.25, 0.3) is 0 Å². The van der Waals surface area contributed by atoms with E-state index in [1.54, 1.807) is 4.31 Å². The molecule has 2 heterocycles. The lowest BCUT2D eigenvalue weighted by Gasteiger charge is -2.34. The number of carbonyl (C=O) groups is 1. The van der Waals surface area contributed by atoms with Gasteiger partial charge in [-0.15, -0.1) is 0 Å². The van der Waals surface area contributed by atoms with E-state index in [4.69, 9.17) is 9.84 Å². The average Bonchev–Trinajstić information content (AvgIpc) is 2.75. The Kier molecular flexibility index (Phi) is 5.98. The third kappa shape index (κ3) is 4.64. The van der Waals surface area contributed by atoms with Crippen molar-refractivity contribution in [1.82, 2.24) is 8.61 Å². The fourth-order valence-corrected chi connectivity index (χ4v) is 4.57. The predicted octanol–water partition coefficient (Wildman–Crippen LogP) is 0.673. The number of nitrogens with zero attached hydrogens (tertiary/aromatic N) is 2. The first kappa shape index (κ1) is 16.7. The maximum absolute atomic E-state index is 12.6. The fourth-order valence-electron chi connectivity index (χ4n) is 2.85. The predicted molar refractivity (Wildman–Crippen MR) is 77.1 cm³/mol. The van der Waals surface area contributed by atoms with Gasteiger partial charge in [-0.2, -0.15) is 17.0 Å². The molecule has 7 nitrogen and oxygen atoms in total. The Balaban J connectivity index is 1.86. The van der Waals surface area contributed by atoms with Gasteiger partial charge in [-0.1, -0.05) is 12.8 Å². The van der Waals surface area contributed by atoms with Crippen LogP contribution in [0.4, 0.5) is 0 Å². The zero-order valence-corrected chi connectivity index (χ0v) is 13.1. The Bertz CT molecular complexity index is 437. The molecule has 0 unspecified atom stereocenters. The third-order valence-electron chi connectivity index (χ3n) is 4.06. The number of rotatable bonds is 5. The van der Waals surface area contributed by atoms with Crippen LogP contribution in [-0.4, -0.2) is 67.0 Å². The molecule has 1 N–H and O–H groups in total. The van der Waals surface area contributed by atoms with E-state index in [9.17, 15) is 13.2 Å². The molecule has 2 saturated heterocycles. The molecule has 0 aliphatic carbocycles. The number of carboxylic acid groups (broad SMARTS) is 1. The third-order valence-corrected chi connectivity index (χ3v) is 6.10. The van der Waals surface area contributed by atoms with Crippen LogP contribution in [0.1, 0.15) is 38.5 Å². The summed E-state index contributed by atoms with van der Waals surface area (Å²) in [6.07, 6.45) is 5.00. The largest absolute Gasteiger partial charge is 0.480 e. The summed E-state index contributed by atoms with van der Waals surface area (Å²) in [5.74, 6) is -0.991. The highest BCUT2D eigenvalue weighted by Gasteiger charge is 2.33. The molecule has 0 amide bonds. The monoisotopic (exact) mass is 320 g/mol. The second-order valence-electron chi connectivity index (χ2n) is 5.62. The Morgan fingerprint density at radius 1 is 1.00 bits per heavy atom. The molecule has 2 aliphatic rings. The SMILES string of the molecule is O=C(O)COC1CCN(S(=O)(=O)N2CCCCCC2)CC1. The van der Waals surface area contributed by atoms with Gasteiger partial charge in [0, 0.05) is 26.2 Å². The van der Waals surface area contributed by atoms with Crippen molar-refractivity contribution < 1.29 is 23.1 Å². The summed E-state index contributed by atoms with van der Waals surface area (Å²) in [5.41, 5.74) is 0. The molecular formula is C13H24N2O5S. The normalized spacial score (nSPS) is 23.8. The van der Waals surface area contributed by atoms with Gasteiger partial charge in [0.05, 0.1) is 6.10 Å². The topological polar surface area (TPSA) is 87.1 Å². The van der Waals surface area contributed by atoms with Gasteiger partial charge in [0.1, 0.15) is 6.61 Å². The molecule has 0 bridgehead atoms. The second kappa shape index (κ2) is 7.53. The highest BCUT2D eigenvalue weighted by Crippen LogP contribution is 2.21. The van der Waals surface area contributed by atoms with Gasteiger partial charge in [0.25, 0.3) is 10.2 Å². The van der Waals surface area contributed by atoms with Crippen LogP contribution in [0.15, 0.2) is 0 Å². The number of hydrogen-bond donors (Lipinski definition) is 1. The first-order chi connectivity index (χ1) is 10.00. The molecule has 122 valence electrons. The van der Waals surface area contributed by atoms with Crippen molar-refractivity contribution in [2.75, 3.05) is 32.8 Å². The summed E-state index contributed by atoms with van der Waals surface area (Å²) in [4.78, 5) is 10.5. The van der Waals surface area contributed by atoms with Crippen LogP contribution in [0.5, 0.6) is 0 Å². The van der Waals surface area contributed by atoms with Gasteiger partial charge < -0.3 is 9.84 Å². The van der Waals surface area contributed by atoms with Crippen LogP contribution >= 0.6 is 0 Å². The van der Waals surface area contributed by atoms with Gasteiger partial charge in [-0.05, 0) is 25.7 Å². The van der Waals surface area contributed by atoms with E-state index in [1.807, 2.05) is 0 Å². The van der Waals surface area contributed by atoms with E-state index in [2.05, 4.69) is 0 Å². The first-order valence-electron chi connectivity index (χ1n) is 7.59. The summed E-state index contributed by atoms with van der Waals surface area (Å²) in [5, 5.41) is 8.58. The standard InChI is InChI=1S/C13H24N2O5S/c16-13(17)11-20-12-5-9-15(10-6-12)21(18,19)14-7-3-1-2-4-8-14/h12H,1-11H2,(H,16,17). The van der Waals surface area contributed by atoms with Crippen LogP contribution < -0.4 is 0 Å². The van der Waals surface area contributed by atoms with Crippen molar-refractivity contribution in [3.63, 3.8) is 0 Å². The fraction of sp³-hybridized carbons (Fsp3) is 0.923. The average molecular weight is 320 g/mol. The highest BCUT2D eigenvalue weighted by atomic mass is 32.2. The lowest BCUT2D eigenvalue weighted by molar-refractivity contribution is -0.145.